The van der Waals surface area contributed by atoms with Gasteiger partial charge in [0.05, 0.1) is 6.54 Å². The van der Waals surface area contributed by atoms with E-state index in [-0.39, 0.29) is 11.8 Å². The predicted octanol–water partition coefficient (Wildman–Crippen LogP) is 1.85. The maximum absolute atomic E-state index is 12.7. The first-order valence-corrected chi connectivity index (χ1v) is 5.84. The van der Waals surface area contributed by atoms with Gasteiger partial charge in [0, 0.05) is 32.1 Å². The van der Waals surface area contributed by atoms with Gasteiger partial charge >= 0.3 is 6.18 Å². The van der Waals surface area contributed by atoms with Crippen LogP contribution in [0.3, 0.4) is 0 Å². The van der Waals surface area contributed by atoms with E-state index in [2.05, 4.69) is 25.7 Å². The van der Waals surface area contributed by atoms with E-state index < -0.39 is 11.9 Å². The number of alkyl halides is 3. The van der Waals surface area contributed by atoms with Crippen LogP contribution in [-0.2, 0) is 12.7 Å². The lowest BCUT2D eigenvalue weighted by Gasteiger charge is -2.11. The third-order valence-corrected chi connectivity index (χ3v) is 2.45. The maximum atomic E-state index is 12.7. The zero-order chi connectivity index (χ0) is 14.6. The number of nitrogens with zero attached hydrogens (tertiary/aromatic N) is 4. The molecule has 2 N–H and O–H groups in total. The molecule has 0 aliphatic heterocycles. The minimum Gasteiger partial charge on any atom is -0.368 e. The molecule has 2 aromatic heterocycles. The quantitative estimate of drug-likeness (QED) is 0.878. The smallest absolute Gasteiger partial charge is 0.368 e. The molecule has 0 radical (unpaired) electrons. The van der Waals surface area contributed by atoms with Crippen LogP contribution in [0.25, 0.3) is 0 Å². The van der Waals surface area contributed by atoms with Crippen LogP contribution in [0.5, 0.6) is 0 Å². The van der Waals surface area contributed by atoms with Crippen LogP contribution < -0.4 is 10.6 Å². The highest BCUT2D eigenvalue weighted by atomic mass is 19.4. The molecule has 0 unspecified atom stereocenters. The number of hydrogen-bond acceptors (Lipinski definition) is 5. The molecule has 0 fully saturated rings. The predicted molar refractivity (Wildman–Crippen MR) is 67.3 cm³/mol. The van der Waals surface area contributed by atoms with E-state index in [1.807, 2.05) is 0 Å². The van der Waals surface area contributed by atoms with Gasteiger partial charge in [-0.3, -0.25) is 4.68 Å². The minimum atomic E-state index is -4.51. The van der Waals surface area contributed by atoms with Gasteiger partial charge in [-0.05, 0) is 6.07 Å². The number of hydrogen-bond donors (Lipinski definition) is 2. The zero-order valence-corrected chi connectivity index (χ0v) is 10.6. The fraction of sp³-hybridized carbons (Fsp3) is 0.364. The van der Waals surface area contributed by atoms with Crippen LogP contribution in [0.2, 0.25) is 0 Å². The highest BCUT2D eigenvalue weighted by Gasteiger charge is 2.33. The molecule has 108 valence electrons. The van der Waals surface area contributed by atoms with E-state index in [9.17, 15) is 13.2 Å². The van der Waals surface area contributed by atoms with E-state index in [1.54, 1.807) is 23.1 Å². The summed E-state index contributed by atoms with van der Waals surface area (Å²) in [4.78, 5) is 7.30. The molecule has 0 aromatic carbocycles. The van der Waals surface area contributed by atoms with Crippen LogP contribution in [-0.4, -0.2) is 33.3 Å². The lowest BCUT2D eigenvalue weighted by Crippen LogP contribution is -2.15. The first kappa shape index (κ1) is 14.1. The SMILES string of the molecule is CNc1nc(NCCn2cccn2)cc(C(F)(F)F)n1. The summed E-state index contributed by atoms with van der Waals surface area (Å²) in [5.74, 6) is 0.0326. The van der Waals surface area contributed by atoms with Crippen LogP contribution in [0.15, 0.2) is 24.5 Å². The average molecular weight is 286 g/mol. The summed E-state index contributed by atoms with van der Waals surface area (Å²) in [6, 6.07) is 2.65. The molecule has 0 bridgehead atoms. The number of anilines is 2. The van der Waals surface area contributed by atoms with Gasteiger partial charge in [-0.1, -0.05) is 0 Å². The van der Waals surface area contributed by atoms with Gasteiger partial charge in [0.1, 0.15) is 5.82 Å². The van der Waals surface area contributed by atoms with Crippen molar-refractivity contribution in [1.82, 2.24) is 19.7 Å². The molecule has 0 amide bonds. The highest BCUT2D eigenvalue weighted by molar-refractivity contribution is 5.42. The van der Waals surface area contributed by atoms with Crippen molar-refractivity contribution in [2.24, 2.45) is 0 Å². The van der Waals surface area contributed by atoms with Crippen molar-refractivity contribution in [3.63, 3.8) is 0 Å². The molecule has 0 spiro atoms. The fourth-order valence-corrected chi connectivity index (χ4v) is 1.53. The Hall–Kier alpha value is -2.32. The Morgan fingerprint density at radius 3 is 2.70 bits per heavy atom. The molecule has 9 heteroatoms. The molecule has 0 aliphatic rings. The lowest BCUT2D eigenvalue weighted by molar-refractivity contribution is -0.141. The summed E-state index contributed by atoms with van der Waals surface area (Å²) in [6.07, 6.45) is -1.11. The van der Waals surface area contributed by atoms with Crippen molar-refractivity contribution in [2.45, 2.75) is 12.7 Å². The molecule has 0 saturated carbocycles. The first-order valence-electron chi connectivity index (χ1n) is 5.84. The third kappa shape index (κ3) is 3.59. The molecule has 2 aromatic rings. The van der Waals surface area contributed by atoms with Crippen LogP contribution >= 0.6 is 0 Å². The Labute approximate surface area is 113 Å². The number of rotatable bonds is 5. The van der Waals surface area contributed by atoms with Crippen molar-refractivity contribution in [3.8, 4) is 0 Å². The molecular formula is C11H13F3N6. The second-order valence-corrected chi connectivity index (χ2v) is 3.91. The van der Waals surface area contributed by atoms with Crippen molar-refractivity contribution >= 4 is 11.8 Å². The van der Waals surface area contributed by atoms with Crippen molar-refractivity contribution in [2.75, 3.05) is 24.2 Å². The Morgan fingerprint density at radius 1 is 1.30 bits per heavy atom. The second kappa shape index (κ2) is 5.76. The van der Waals surface area contributed by atoms with Gasteiger partial charge < -0.3 is 10.6 Å². The molecule has 2 heterocycles. The van der Waals surface area contributed by atoms with Crippen LogP contribution in [0.1, 0.15) is 5.69 Å². The van der Waals surface area contributed by atoms with E-state index in [4.69, 9.17) is 0 Å². The molecule has 6 nitrogen and oxygen atoms in total. The minimum absolute atomic E-state index is 0.0820. The lowest BCUT2D eigenvalue weighted by atomic mass is 10.3. The Kier molecular flexibility index (Phi) is 4.06. The van der Waals surface area contributed by atoms with E-state index >= 15 is 0 Å². The summed E-state index contributed by atoms with van der Waals surface area (Å²) >= 11 is 0. The molecule has 20 heavy (non-hydrogen) atoms. The number of halogens is 3. The number of nitrogens with one attached hydrogen (secondary N) is 2. The zero-order valence-electron chi connectivity index (χ0n) is 10.6. The van der Waals surface area contributed by atoms with Crippen molar-refractivity contribution in [1.29, 1.82) is 0 Å². The van der Waals surface area contributed by atoms with E-state index in [1.165, 1.54) is 7.05 Å². The Bertz CT molecular complexity index is 552. The first-order chi connectivity index (χ1) is 9.49. The topological polar surface area (TPSA) is 67.7 Å². The van der Waals surface area contributed by atoms with Crippen LogP contribution in [0.4, 0.5) is 24.9 Å². The molecule has 0 aliphatic carbocycles. The highest BCUT2D eigenvalue weighted by Crippen LogP contribution is 2.29. The largest absolute Gasteiger partial charge is 0.433 e. The molecule has 0 saturated heterocycles. The maximum Gasteiger partial charge on any atom is 0.433 e. The van der Waals surface area contributed by atoms with Gasteiger partial charge in [-0.25, -0.2) is 4.98 Å². The monoisotopic (exact) mass is 286 g/mol. The summed E-state index contributed by atoms with van der Waals surface area (Å²) in [7, 11) is 1.46. The van der Waals surface area contributed by atoms with E-state index in [0.717, 1.165) is 6.07 Å². The summed E-state index contributed by atoms with van der Waals surface area (Å²) in [5.41, 5.74) is -0.988. The van der Waals surface area contributed by atoms with Crippen molar-refractivity contribution in [3.05, 3.63) is 30.2 Å². The molecule has 2 rings (SSSR count). The van der Waals surface area contributed by atoms with Gasteiger partial charge in [0.15, 0.2) is 5.69 Å². The van der Waals surface area contributed by atoms with E-state index in [0.29, 0.717) is 13.1 Å². The van der Waals surface area contributed by atoms with Gasteiger partial charge in [0.2, 0.25) is 5.95 Å². The van der Waals surface area contributed by atoms with Gasteiger partial charge in [-0.2, -0.15) is 23.3 Å². The standard InChI is InChI=1S/C11H13F3N6/c1-15-10-18-8(11(12,13)14)7-9(19-10)16-4-6-20-5-2-3-17-20/h2-3,5,7H,4,6H2,1H3,(H2,15,16,18,19). The molecular weight excluding hydrogens is 273 g/mol. The molecule has 0 atom stereocenters. The summed E-state index contributed by atoms with van der Waals surface area (Å²) in [6.45, 7) is 0.923. The van der Waals surface area contributed by atoms with Crippen molar-refractivity contribution < 1.29 is 13.2 Å². The second-order valence-electron chi connectivity index (χ2n) is 3.91. The third-order valence-electron chi connectivity index (χ3n) is 2.45. The average Bonchev–Trinajstić information content (AvgIpc) is 2.90. The summed E-state index contributed by atoms with van der Waals surface area (Å²) in [5, 5.41) is 9.31. The Balaban J connectivity index is 2.06. The van der Waals surface area contributed by atoms with Crippen LogP contribution in [0, 0.1) is 0 Å². The Morgan fingerprint density at radius 2 is 2.10 bits per heavy atom. The normalized spacial score (nSPS) is 11.4. The number of aromatic nitrogens is 4. The van der Waals surface area contributed by atoms with Gasteiger partial charge in [-0.15, -0.1) is 0 Å². The summed E-state index contributed by atoms with van der Waals surface area (Å²) < 4.78 is 39.7. The fourth-order valence-electron chi connectivity index (χ4n) is 1.53. The van der Waals surface area contributed by atoms with Gasteiger partial charge in [0.25, 0.3) is 0 Å².